The first-order chi connectivity index (χ1) is 9.29. The van der Waals surface area contributed by atoms with E-state index in [1.807, 2.05) is 12.3 Å². The predicted octanol–water partition coefficient (Wildman–Crippen LogP) is -0.657. The highest BCUT2D eigenvalue weighted by molar-refractivity contribution is 5.57. The van der Waals surface area contributed by atoms with Crippen LogP contribution in [0.5, 0.6) is 0 Å². The third-order valence-corrected chi connectivity index (χ3v) is 2.53. The molecule has 0 saturated heterocycles. The zero-order valence-electron chi connectivity index (χ0n) is 11.2. The maximum atomic E-state index is 8.49. The molecule has 1 heterocycles. The summed E-state index contributed by atoms with van der Waals surface area (Å²) in [6.45, 7) is 4.21. The van der Waals surface area contributed by atoms with Gasteiger partial charge in [0.2, 0.25) is 0 Å². The van der Waals surface area contributed by atoms with Gasteiger partial charge in [0.05, 0.1) is 5.56 Å². The second kappa shape index (κ2) is 7.33. The average Bonchev–Trinajstić information content (AvgIpc) is 2.38. The molecule has 5 nitrogen and oxygen atoms in total. The van der Waals surface area contributed by atoms with Crippen LogP contribution in [0.25, 0.3) is 11.3 Å². The van der Waals surface area contributed by atoms with Crippen molar-refractivity contribution in [1.29, 1.82) is 0 Å². The summed E-state index contributed by atoms with van der Waals surface area (Å²) in [7, 11) is -4.94. The van der Waals surface area contributed by atoms with Gasteiger partial charge in [-0.1, -0.05) is 24.6 Å². The second-order valence-corrected chi connectivity index (χ2v) is 4.86. The van der Waals surface area contributed by atoms with Crippen LogP contribution in [0.15, 0.2) is 47.1 Å². The van der Waals surface area contributed by atoms with Crippen LogP contribution in [-0.2, 0) is 6.42 Å². The van der Waals surface area contributed by atoms with Crippen LogP contribution in [0.2, 0.25) is 0 Å². The van der Waals surface area contributed by atoms with E-state index >= 15 is 0 Å². The van der Waals surface area contributed by atoms with Gasteiger partial charge in [0, 0.05) is 11.6 Å². The van der Waals surface area contributed by atoms with Gasteiger partial charge in [0.1, 0.15) is 0 Å². The molecule has 1 aromatic carbocycles. The monoisotopic (exact) mass is 298 g/mol. The maximum Gasteiger partial charge on any atom is 0.359 e. The first-order valence-electron chi connectivity index (χ1n) is 5.89. The van der Waals surface area contributed by atoms with Crippen molar-refractivity contribution in [3.05, 3.63) is 53.8 Å². The Morgan fingerprint density at radius 1 is 0.950 bits per heavy atom. The second-order valence-electron chi connectivity index (χ2n) is 4.11. The van der Waals surface area contributed by atoms with Gasteiger partial charge < -0.3 is 0 Å². The van der Waals surface area contributed by atoms with E-state index in [1.54, 1.807) is 0 Å². The summed E-state index contributed by atoms with van der Waals surface area (Å²) in [4.78, 5) is 0. The minimum absolute atomic E-state index is 0.923. The minimum atomic E-state index is -4.94. The van der Waals surface area contributed by atoms with Crippen molar-refractivity contribution in [2.45, 2.75) is 20.3 Å². The highest BCUT2D eigenvalue weighted by Crippen LogP contribution is 2.20. The summed E-state index contributed by atoms with van der Waals surface area (Å²) in [5.74, 6) is 0.923. The molecule has 108 valence electrons. The SMILES string of the molecule is CCc1ccc(-c2ccc(C)cc2)[o+]c1.[O-][Cl+3]([O-])([O-])[O-]. The molecule has 20 heavy (non-hydrogen) atoms. The number of halogens is 1. The normalized spacial score (nSPS) is 10.7. The van der Waals surface area contributed by atoms with Gasteiger partial charge in [-0.15, -0.1) is 10.2 Å². The van der Waals surface area contributed by atoms with Gasteiger partial charge in [0.15, 0.2) is 0 Å². The molecule has 0 radical (unpaired) electrons. The largest absolute Gasteiger partial charge is 0.359 e. The van der Waals surface area contributed by atoms with Gasteiger partial charge in [0.25, 0.3) is 0 Å². The standard InChI is InChI=1S/C14H15O.ClHO4/c1-3-12-6-9-14(15-10-12)13-7-4-11(2)5-8-13;2-1(3,4)5/h4-10H,3H2,1-2H3;(H,2,3,4,5)/q+1;/p-1. The third kappa shape index (κ3) is 6.60. The number of rotatable bonds is 2. The zero-order valence-corrected chi connectivity index (χ0v) is 11.9. The molecule has 0 N–H and O–H groups in total. The van der Waals surface area contributed by atoms with Gasteiger partial charge >= 0.3 is 12.0 Å². The molecule has 1 aromatic heterocycles. The van der Waals surface area contributed by atoms with Crippen molar-refractivity contribution >= 4 is 0 Å². The fourth-order valence-corrected chi connectivity index (χ4v) is 1.48. The first kappa shape index (κ1) is 16.6. The lowest BCUT2D eigenvalue weighted by Crippen LogP contribution is -2.68. The van der Waals surface area contributed by atoms with Gasteiger partial charge in [-0.3, -0.25) is 0 Å². The average molecular weight is 299 g/mol. The van der Waals surface area contributed by atoms with E-state index < -0.39 is 10.2 Å². The first-order valence-corrected chi connectivity index (χ1v) is 7.12. The molecule has 0 atom stereocenters. The summed E-state index contributed by atoms with van der Waals surface area (Å²) in [5, 5.41) is 0. The number of hydrogen-bond acceptors (Lipinski definition) is 4. The molecule has 0 aliphatic rings. The van der Waals surface area contributed by atoms with Crippen LogP contribution in [0, 0.1) is 17.2 Å². The molecule has 0 amide bonds. The minimum Gasteiger partial charge on any atom is -0.222 e. The van der Waals surface area contributed by atoms with E-state index in [4.69, 9.17) is 23.1 Å². The van der Waals surface area contributed by atoms with Crippen molar-refractivity contribution in [1.82, 2.24) is 0 Å². The fraction of sp³-hybridized carbons (Fsp3) is 0.214. The lowest BCUT2D eigenvalue weighted by atomic mass is 10.1. The summed E-state index contributed by atoms with van der Waals surface area (Å²) in [6.07, 6.45) is 2.84. The smallest absolute Gasteiger partial charge is 0.222 e. The number of hydrogen-bond donors (Lipinski definition) is 0. The van der Waals surface area contributed by atoms with Crippen molar-refractivity contribution in [3.8, 4) is 11.3 Å². The summed E-state index contributed by atoms with van der Waals surface area (Å²) in [6, 6.07) is 12.5. The summed E-state index contributed by atoms with van der Waals surface area (Å²) >= 11 is 0. The molecular formula is C14H15ClO5. The molecule has 0 spiro atoms. The molecule has 0 aliphatic heterocycles. The lowest BCUT2D eigenvalue weighted by Gasteiger charge is -2.17. The van der Waals surface area contributed by atoms with Gasteiger partial charge in [-0.05, 0) is 31.5 Å². The highest BCUT2D eigenvalue weighted by atomic mass is 35.7. The van der Waals surface area contributed by atoms with E-state index in [2.05, 4.69) is 44.2 Å². The molecule has 6 heteroatoms. The van der Waals surface area contributed by atoms with Crippen LogP contribution >= 0.6 is 0 Å². The Kier molecular flexibility index (Phi) is 6.06. The molecule has 0 fully saturated rings. The Balaban J connectivity index is 0.000000347. The van der Waals surface area contributed by atoms with Crippen molar-refractivity contribution in [3.63, 3.8) is 0 Å². The molecule has 0 bridgehead atoms. The Morgan fingerprint density at radius 2 is 1.50 bits per heavy atom. The molecule has 0 aliphatic carbocycles. The quantitative estimate of drug-likeness (QED) is 0.685. The van der Waals surface area contributed by atoms with E-state index in [-0.39, 0.29) is 0 Å². The van der Waals surface area contributed by atoms with Crippen LogP contribution in [0.4, 0.5) is 0 Å². The Labute approximate surface area is 119 Å². The van der Waals surface area contributed by atoms with Crippen LogP contribution in [0.1, 0.15) is 18.1 Å². The number of aryl methyl sites for hydroxylation is 2. The van der Waals surface area contributed by atoms with E-state index in [0.29, 0.717) is 0 Å². The molecule has 0 saturated carbocycles. The van der Waals surface area contributed by atoms with Gasteiger partial charge in [-0.2, -0.15) is 0 Å². The Bertz CT molecular complexity index is 511. The van der Waals surface area contributed by atoms with Crippen LogP contribution in [0.3, 0.4) is 0 Å². The number of benzene rings is 1. The fourth-order valence-electron chi connectivity index (χ4n) is 1.48. The predicted molar refractivity (Wildman–Crippen MR) is 62.7 cm³/mol. The Hall–Kier alpha value is -1.50. The molecular weight excluding hydrogens is 284 g/mol. The topological polar surface area (TPSA) is 104 Å². The highest BCUT2D eigenvalue weighted by Gasteiger charge is 2.10. The van der Waals surface area contributed by atoms with E-state index in [0.717, 1.165) is 17.7 Å². The Morgan fingerprint density at radius 3 is 1.90 bits per heavy atom. The van der Waals surface area contributed by atoms with E-state index in [1.165, 1.54) is 11.1 Å². The molecule has 0 unspecified atom stereocenters. The summed E-state index contributed by atoms with van der Waals surface area (Å²) in [5.41, 5.74) is 3.62. The zero-order chi connectivity index (χ0) is 15.2. The third-order valence-electron chi connectivity index (χ3n) is 2.53. The lowest BCUT2D eigenvalue weighted by molar-refractivity contribution is -2.00. The molecule has 2 rings (SSSR count). The van der Waals surface area contributed by atoms with Crippen LogP contribution in [-0.4, -0.2) is 0 Å². The van der Waals surface area contributed by atoms with Crippen molar-refractivity contribution < 1.29 is 33.3 Å². The van der Waals surface area contributed by atoms with Gasteiger partial charge in [-0.25, -0.2) is 23.1 Å². The van der Waals surface area contributed by atoms with Crippen molar-refractivity contribution in [2.75, 3.05) is 0 Å². The van der Waals surface area contributed by atoms with Crippen LogP contribution < -0.4 is 18.6 Å². The summed E-state index contributed by atoms with van der Waals surface area (Å²) < 4.78 is 39.5. The maximum absolute atomic E-state index is 8.49. The van der Waals surface area contributed by atoms with E-state index in [9.17, 15) is 0 Å². The van der Waals surface area contributed by atoms with Crippen molar-refractivity contribution in [2.24, 2.45) is 0 Å². The molecule has 2 aromatic rings.